The van der Waals surface area contributed by atoms with E-state index >= 15 is 0 Å². The van der Waals surface area contributed by atoms with Gasteiger partial charge in [0.25, 0.3) is 0 Å². The fourth-order valence-corrected chi connectivity index (χ4v) is 16.6. The molecule has 1 aromatic rings. The molecule has 0 aromatic heterocycles. The van der Waals surface area contributed by atoms with Crippen molar-refractivity contribution in [3.63, 3.8) is 0 Å². The number of hydrogen-bond donors (Lipinski definition) is 1. The van der Waals surface area contributed by atoms with E-state index in [4.69, 9.17) is 3.72 Å². The van der Waals surface area contributed by atoms with Gasteiger partial charge in [-0.05, 0) is 0 Å². The second kappa shape index (κ2) is 9.89. The molecular formula is C22H38Cl2HfNSi. The Morgan fingerprint density at radius 2 is 1.56 bits per heavy atom. The first-order valence-electron chi connectivity index (χ1n) is 9.53. The molecule has 0 atom stereocenters. The Kier molecular flexibility index (Phi) is 10.0. The Morgan fingerprint density at radius 3 is 1.93 bits per heavy atom. The van der Waals surface area contributed by atoms with Crippen molar-refractivity contribution in [1.82, 2.24) is 0 Å². The summed E-state index contributed by atoms with van der Waals surface area (Å²) in [5.74, 6) is -0.772. The molecule has 1 aliphatic rings. The van der Waals surface area contributed by atoms with Gasteiger partial charge in [0.05, 0.1) is 0 Å². The number of benzene rings is 1. The third kappa shape index (κ3) is 5.91. The van der Waals surface area contributed by atoms with Gasteiger partial charge < -0.3 is 0 Å². The predicted octanol–water partition coefficient (Wildman–Crippen LogP) is 5.88. The van der Waals surface area contributed by atoms with Crippen molar-refractivity contribution >= 4 is 39.7 Å². The van der Waals surface area contributed by atoms with E-state index in [2.05, 4.69) is 85.9 Å². The summed E-state index contributed by atoms with van der Waals surface area (Å²) >= 11 is -2.19. The second-order valence-electron chi connectivity index (χ2n) is 9.78. The predicted molar refractivity (Wildman–Crippen MR) is 128 cm³/mol. The minimum Gasteiger partial charge on any atom is -0.147 e. The van der Waals surface area contributed by atoms with Crippen LogP contribution in [0.1, 0.15) is 70.2 Å². The Balaban J connectivity index is 0.00000338. The van der Waals surface area contributed by atoms with E-state index in [9.17, 15) is 0 Å². The van der Waals surface area contributed by atoms with Crippen LogP contribution >= 0.6 is 24.8 Å². The number of allylic oxidation sites excluding steroid dienone is 4. The molecule has 5 heteroatoms. The summed E-state index contributed by atoms with van der Waals surface area (Å²) in [5, 5.41) is 0. The van der Waals surface area contributed by atoms with Crippen LogP contribution in [0.25, 0.3) is 5.57 Å². The van der Waals surface area contributed by atoms with Crippen LogP contribution in [0, 0.1) is 6.92 Å². The molecule has 0 bridgehead atoms. The van der Waals surface area contributed by atoms with E-state index in [1.54, 1.807) is 3.32 Å². The van der Waals surface area contributed by atoms with Crippen LogP contribution in [0.5, 0.6) is 0 Å². The topological polar surface area (TPSA) is 26.0 Å². The molecule has 1 nitrogen and oxygen atoms in total. The molecule has 2 N–H and O–H groups in total. The molecule has 1 aliphatic carbocycles. The molecular weight excluding hydrogens is 556 g/mol. The zero-order valence-electron chi connectivity index (χ0n) is 18.5. The maximum absolute atomic E-state index is 6.97. The first-order chi connectivity index (χ1) is 11.4. The Hall–Kier alpha value is 0.327. The van der Waals surface area contributed by atoms with Gasteiger partial charge in [0.1, 0.15) is 0 Å². The Labute approximate surface area is 188 Å². The van der Waals surface area contributed by atoms with Crippen LogP contribution in [0.2, 0.25) is 13.1 Å². The molecule has 0 saturated carbocycles. The van der Waals surface area contributed by atoms with Gasteiger partial charge in [-0.15, -0.1) is 24.8 Å². The third-order valence-corrected chi connectivity index (χ3v) is 26.0. The molecule has 0 fully saturated rings. The van der Waals surface area contributed by atoms with E-state index in [0.29, 0.717) is 0 Å². The smallest absolute Gasteiger partial charge is 0.147 e. The molecule has 0 aliphatic heterocycles. The minimum atomic E-state index is -2.19. The molecule has 0 heterocycles. The summed E-state index contributed by atoms with van der Waals surface area (Å²) in [6, 6.07) is 2.55. The van der Waals surface area contributed by atoms with Crippen LogP contribution in [0.4, 0.5) is 0 Å². The molecule has 2 rings (SSSR count). The maximum atomic E-state index is 6.97. The zero-order valence-corrected chi connectivity index (χ0v) is 24.9. The normalized spacial score (nSPS) is 14.0. The summed E-state index contributed by atoms with van der Waals surface area (Å²) in [6.07, 6.45) is 7.86. The molecule has 153 valence electrons. The van der Waals surface area contributed by atoms with Crippen molar-refractivity contribution in [3.8, 4) is 0 Å². The standard InChI is InChI=1S/C20H27.C2H7Si.2ClH.Hf.H2N/c1-14-16(15-10-8-9-11-15)12-13-17(19(2,3)4)18(14)20(5,6)7;1-3-2;;;;/h8-10,13H,11H2,1-7H3;3H,1-2H3;2*1H;;1H2/q;;;;+1;-1. The summed E-state index contributed by atoms with van der Waals surface area (Å²) in [4.78, 5) is 0. The van der Waals surface area contributed by atoms with Crippen molar-refractivity contribution in [2.45, 2.75) is 78.8 Å². The van der Waals surface area contributed by atoms with Gasteiger partial charge in [-0.3, -0.25) is 0 Å². The minimum absolute atomic E-state index is 0. The summed E-state index contributed by atoms with van der Waals surface area (Å²) in [5.41, 5.74) is 7.85. The summed E-state index contributed by atoms with van der Waals surface area (Å²) in [6.45, 7) is 21.4. The number of rotatable bonds is 3. The van der Waals surface area contributed by atoms with Gasteiger partial charge in [-0.25, -0.2) is 0 Å². The average Bonchev–Trinajstić information content (AvgIpc) is 2.96. The summed E-state index contributed by atoms with van der Waals surface area (Å²) in [7, 11) is 0. The molecule has 0 saturated heterocycles. The molecule has 0 spiro atoms. The van der Waals surface area contributed by atoms with Gasteiger partial charge >= 0.3 is 165 Å². The molecule has 0 amide bonds. The molecule has 1 aromatic carbocycles. The van der Waals surface area contributed by atoms with Crippen LogP contribution < -0.4 is 7.04 Å². The van der Waals surface area contributed by atoms with Crippen LogP contribution in [-0.2, 0) is 31.7 Å². The van der Waals surface area contributed by atoms with Gasteiger partial charge in [0.2, 0.25) is 0 Å². The quantitative estimate of drug-likeness (QED) is 0.436. The van der Waals surface area contributed by atoms with E-state index in [1.165, 1.54) is 27.8 Å². The van der Waals surface area contributed by atoms with Crippen molar-refractivity contribution in [1.29, 1.82) is 0 Å². The maximum Gasteiger partial charge on any atom is -0.147 e. The fourth-order valence-electron chi connectivity index (χ4n) is 3.96. The fraction of sp³-hybridized carbons (Fsp3) is 0.545. The van der Waals surface area contributed by atoms with E-state index in [1.807, 2.05) is 0 Å². The van der Waals surface area contributed by atoms with E-state index in [0.717, 1.165) is 6.42 Å². The number of hydrogen-bond acceptors (Lipinski definition) is 1. The first kappa shape index (κ1) is 27.3. The average molecular weight is 594 g/mol. The van der Waals surface area contributed by atoms with Gasteiger partial charge in [0, 0.05) is 0 Å². The van der Waals surface area contributed by atoms with Crippen molar-refractivity contribution in [2.75, 3.05) is 0 Å². The SMILES string of the molecule is Cc1c(C2=CC=CC2)[c]([Hf]([NH2])[SiH](C)C)cc(C(C)(C)C)c1C(C)(C)C.Cl.Cl. The molecule has 0 radical (unpaired) electrons. The van der Waals surface area contributed by atoms with Crippen molar-refractivity contribution in [2.24, 2.45) is 3.72 Å². The van der Waals surface area contributed by atoms with E-state index in [-0.39, 0.29) is 35.6 Å². The molecule has 27 heavy (non-hydrogen) atoms. The van der Waals surface area contributed by atoms with Gasteiger partial charge in [0.15, 0.2) is 0 Å². The first-order valence-corrected chi connectivity index (χ1v) is 22.5. The largest absolute Gasteiger partial charge is 0.147 e. The monoisotopic (exact) mass is 594 g/mol. The zero-order chi connectivity index (χ0) is 19.2. The van der Waals surface area contributed by atoms with Crippen LogP contribution in [-0.4, -0.2) is 5.98 Å². The Bertz CT molecular complexity index is 725. The van der Waals surface area contributed by atoms with Crippen molar-refractivity contribution in [3.05, 3.63) is 46.5 Å². The Morgan fingerprint density at radius 1 is 1.00 bits per heavy atom. The number of halogens is 2. The van der Waals surface area contributed by atoms with E-state index < -0.39 is 26.9 Å². The van der Waals surface area contributed by atoms with Crippen LogP contribution in [0.15, 0.2) is 24.3 Å². The number of nitrogens with two attached hydrogens (primary N) is 1. The second-order valence-corrected chi connectivity index (χ2v) is 34.8. The van der Waals surface area contributed by atoms with Crippen LogP contribution in [0.3, 0.4) is 0 Å². The van der Waals surface area contributed by atoms with Gasteiger partial charge in [-0.2, -0.15) is 0 Å². The summed E-state index contributed by atoms with van der Waals surface area (Å²) < 4.78 is 8.57. The molecule has 0 unspecified atom stereocenters. The third-order valence-electron chi connectivity index (χ3n) is 5.16. The van der Waals surface area contributed by atoms with Crippen molar-refractivity contribution < 1.29 is 20.9 Å². The van der Waals surface area contributed by atoms with Gasteiger partial charge in [-0.1, -0.05) is 0 Å².